The van der Waals surface area contributed by atoms with Crippen LogP contribution in [0.1, 0.15) is 47.5 Å². The predicted octanol–water partition coefficient (Wildman–Crippen LogP) is 2.83. The van der Waals surface area contributed by atoms with E-state index in [-0.39, 0.29) is 17.9 Å². The summed E-state index contributed by atoms with van der Waals surface area (Å²) in [6.45, 7) is 9.96. The molecule has 0 radical (unpaired) electrons. The Kier molecular flexibility index (Phi) is 15.5. The van der Waals surface area contributed by atoms with Crippen LogP contribution in [0.3, 0.4) is 0 Å². The van der Waals surface area contributed by atoms with Crippen LogP contribution in [-0.2, 0) is 9.59 Å². The average molecular weight is 309 g/mol. The van der Waals surface area contributed by atoms with E-state index in [2.05, 4.69) is 17.6 Å². The van der Waals surface area contributed by atoms with Gasteiger partial charge >= 0.3 is 0 Å². The van der Waals surface area contributed by atoms with Gasteiger partial charge in [-0.2, -0.15) is 0 Å². The van der Waals surface area contributed by atoms with E-state index >= 15 is 0 Å². The molecule has 1 atom stereocenters. The van der Waals surface area contributed by atoms with Crippen LogP contribution < -0.4 is 10.6 Å². The first-order valence-corrected chi connectivity index (χ1v) is 9.12. The second kappa shape index (κ2) is 14.1. The molecule has 114 valence electrons. The Bertz CT molecular complexity index is 249. The lowest BCUT2D eigenvalue weighted by Crippen LogP contribution is -2.31. The van der Waals surface area contributed by atoms with E-state index in [0.717, 1.165) is 6.42 Å². The van der Waals surface area contributed by atoms with Crippen LogP contribution in [0, 0.1) is 0 Å². The van der Waals surface area contributed by atoms with E-state index in [1.54, 1.807) is 28.6 Å². The van der Waals surface area contributed by atoms with E-state index in [9.17, 15) is 9.59 Å². The number of hydrogen-bond donors (Lipinski definition) is 2. The highest BCUT2D eigenvalue weighted by Gasteiger charge is 2.08. The van der Waals surface area contributed by atoms with E-state index in [1.807, 2.05) is 27.7 Å². The zero-order valence-electron chi connectivity index (χ0n) is 12.9. The van der Waals surface area contributed by atoms with Crippen LogP contribution in [-0.4, -0.2) is 35.9 Å². The van der Waals surface area contributed by atoms with Crippen molar-refractivity contribution in [2.45, 2.75) is 58.8 Å². The molecule has 0 aromatic carbocycles. The maximum absolute atomic E-state index is 11.3. The van der Waals surface area contributed by atoms with Crippen molar-refractivity contribution in [1.82, 2.24) is 10.6 Å². The maximum atomic E-state index is 11.3. The van der Waals surface area contributed by atoms with Gasteiger partial charge in [-0.15, -0.1) is 0 Å². The van der Waals surface area contributed by atoms with Crippen molar-refractivity contribution in [3.05, 3.63) is 0 Å². The molecule has 0 rings (SSSR count). The maximum Gasteiger partial charge on any atom is 0.231 e. The van der Waals surface area contributed by atoms with Gasteiger partial charge in [0.1, 0.15) is 0 Å². The first-order chi connectivity index (χ1) is 8.95. The van der Waals surface area contributed by atoms with Crippen molar-refractivity contribution < 1.29 is 9.59 Å². The van der Waals surface area contributed by atoms with Crippen LogP contribution in [0.15, 0.2) is 0 Å². The molecule has 0 heterocycles. The van der Waals surface area contributed by atoms with Gasteiger partial charge in [0.2, 0.25) is 11.8 Å². The quantitative estimate of drug-likeness (QED) is 0.677. The summed E-state index contributed by atoms with van der Waals surface area (Å²) < 4.78 is 0. The molecule has 0 aliphatic rings. The molecule has 0 aliphatic carbocycles. The fourth-order valence-corrected chi connectivity index (χ4v) is 3.29. The second-order valence-corrected chi connectivity index (χ2v) is 6.91. The highest BCUT2D eigenvalue weighted by Crippen LogP contribution is 2.28. The Morgan fingerprint density at radius 2 is 1.68 bits per heavy atom. The van der Waals surface area contributed by atoms with Gasteiger partial charge in [-0.25, -0.2) is 0 Å². The molecule has 0 aromatic heterocycles. The van der Waals surface area contributed by atoms with Crippen LogP contribution >= 0.6 is 21.6 Å². The first-order valence-electron chi connectivity index (χ1n) is 6.74. The molecule has 2 N–H and O–H groups in total. The molecular weight excluding hydrogens is 280 g/mol. The van der Waals surface area contributed by atoms with E-state index in [0.29, 0.717) is 17.4 Å². The Labute approximate surface area is 125 Å². The third-order valence-electron chi connectivity index (χ3n) is 1.93. The SMILES string of the molecule is CC.CNC(=O)CCC(C)SSCC(=O)NC(C)C. The van der Waals surface area contributed by atoms with Gasteiger partial charge in [-0.3, -0.25) is 9.59 Å². The topological polar surface area (TPSA) is 58.2 Å². The Hall–Kier alpha value is -0.360. The van der Waals surface area contributed by atoms with Crippen molar-refractivity contribution in [2.75, 3.05) is 12.8 Å². The number of carbonyl (C=O) groups is 2. The number of nitrogens with one attached hydrogen (secondary N) is 2. The van der Waals surface area contributed by atoms with Crippen LogP contribution in [0.4, 0.5) is 0 Å². The molecule has 6 heteroatoms. The lowest BCUT2D eigenvalue weighted by Gasteiger charge is -2.11. The monoisotopic (exact) mass is 308 g/mol. The summed E-state index contributed by atoms with van der Waals surface area (Å²) >= 11 is 0. The van der Waals surface area contributed by atoms with Gasteiger partial charge < -0.3 is 10.6 Å². The highest BCUT2D eigenvalue weighted by molar-refractivity contribution is 8.77. The zero-order chi connectivity index (χ0) is 15.3. The van der Waals surface area contributed by atoms with Gasteiger partial charge in [-0.1, -0.05) is 42.4 Å². The summed E-state index contributed by atoms with van der Waals surface area (Å²) in [7, 11) is 4.85. The van der Waals surface area contributed by atoms with Crippen molar-refractivity contribution in [2.24, 2.45) is 0 Å². The normalized spacial score (nSPS) is 11.3. The highest BCUT2D eigenvalue weighted by atomic mass is 33.1. The van der Waals surface area contributed by atoms with Crippen molar-refractivity contribution in [3.63, 3.8) is 0 Å². The number of carbonyl (C=O) groups excluding carboxylic acids is 2. The fourth-order valence-electron chi connectivity index (χ4n) is 1.07. The van der Waals surface area contributed by atoms with Crippen molar-refractivity contribution >= 4 is 33.4 Å². The van der Waals surface area contributed by atoms with E-state index < -0.39 is 0 Å². The van der Waals surface area contributed by atoms with E-state index in [4.69, 9.17) is 0 Å². The number of hydrogen-bond acceptors (Lipinski definition) is 4. The lowest BCUT2D eigenvalue weighted by molar-refractivity contribution is -0.121. The molecular formula is C13H28N2O2S2. The smallest absolute Gasteiger partial charge is 0.231 e. The molecule has 0 spiro atoms. The summed E-state index contributed by atoms with van der Waals surface area (Å²) in [4.78, 5) is 22.4. The van der Waals surface area contributed by atoms with Gasteiger partial charge in [0.25, 0.3) is 0 Å². The Morgan fingerprint density at radius 1 is 1.11 bits per heavy atom. The molecule has 0 aromatic rings. The zero-order valence-corrected chi connectivity index (χ0v) is 14.5. The summed E-state index contributed by atoms with van der Waals surface area (Å²) in [5, 5.41) is 5.81. The average Bonchev–Trinajstić information content (AvgIpc) is 2.37. The minimum absolute atomic E-state index is 0.0657. The lowest BCUT2D eigenvalue weighted by atomic mass is 10.2. The van der Waals surface area contributed by atoms with Crippen LogP contribution in [0.2, 0.25) is 0 Å². The molecule has 4 nitrogen and oxygen atoms in total. The molecule has 0 aliphatic heterocycles. The minimum Gasteiger partial charge on any atom is -0.359 e. The third kappa shape index (κ3) is 15.6. The summed E-state index contributed by atoms with van der Waals surface area (Å²) in [5.41, 5.74) is 0. The van der Waals surface area contributed by atoms with Crippen LogP contribution in [0.5, 0.6) is 0 Å². The van der Waals surface area contributed by atoms with Crippen LogP contribution in [0.25, 0.3) is 0 Å². The van der Waals surface area contributed by atoms with E-state index in [1.165, 1.54) is 0 Å². The summed E-state index contributed by atoms with van der Waals surface area (Å²) in [6.07, 6.45) is 1.38. The summed E-state index contributed by atoms with van der Waals surface area (Å²) in [5.74, 6) is 0.601. The molecule has 1 unspecified atom stereocenters. The molecule has 0 bridgehead atoms. The molecule has 0 saturated carbocycles. The van der Waals surface area contributed by atoms with Crippen molar-refractivity contribution in [1.29, 1.82) is 0 Å². The Balaban J connectivity index is 0. The molecule has 0 saturated heterocycles. The second-order valence-electron chi connectivity index (χ2n) is 4.10. The predicted molar refractivity (Wildman–Crippen MR) is 87.4 cm³/mol. The van der Waals surface area contributed by atoms with Crippen molar-refractivity contribution in [3.8, 4) is 0 Å². The Morgan fingerprint density at radius 3 is 2.16 bits per heavy atom. The van der Waals surface area contributed by atoms with Gasteiger partial charge in [0.05, 0.1) is 5.75 Å². The third-order valence-corrected chi connectivity index (χ3v) is 4.76. The van der Waals surface area contributed by atoms with Gasteiger partial charge in [0.15, 0.2) is 0 Å². The van der Waals surface area contributed by atoms with Gasteiger partial charge in [0, 0.05) is 24.8 Å². The number of rotatable bonds is 8. The molecule has 19 heavy (non-hydrogen) atoms. The first kappa shape index (κ1) is 20.9. The largest absolute Gasteiger partial charge is 0.359 e. The minimum atomic E-state index is 0.0657. The number of amides is 2. The standard InChI is InChI=1S/C11H22N2O2S2.C2H6/c1-8(2)13-11(15)7-16-17-9(3)5-6-10(14)12-4;1-2/h8-9H,5-7H2,1-4H3,(H,12,14)(H,13,15);1-2H3. The molecule has 2 amide bonds. The van der Waals surface area contributed by atoms with Gasteiger partial charge in [-0.05, 0) is 20.3 Å². The molecule has 0 fully saturated rings. The summed E-state index contributed by atoms with van der Waals surface area (Å²) in [6, 6.07) is 0.193. The fraction of sp³-hybridized carbons (Fsp3) is 0.846.